The van der Waals surface area contributed by atoms with Gasteiger partial charge in [0.2, 0.25) is 5.91 Å². The van der Waals surface area contributed by atoms with Crippen LogP contribution >= 0.6 is 0 Å². The lowest BCUT2D eigenvalue weighted by Crippen LogP contribution is -2.45. The highest BCUT2D eigenvalue weighted by atomic mass is 16.2. The summed E-state index contributed by atoms with van der Waals surface area (Å²) in [5.41, 5.74) is 0. The summed E-state index contributed by atoms with van der Waals surface area (Å²) in [4.78, 5) is 16.3. The van der Waals surface area contributed by atoms with Crippen LogP contribution in [0.2, 0.25) is 0 Å². The molecule has 2 rings (SSSR count). The topological polar surface area (TPSA) is 23.6 Å². The molecule has 0 aromatic heterocycles. The molecule has 0 aromatic rings. The molecule has 0 N–H and O–H groups in total. The van der Waals surface area contributed by atoms with Gasteiger partial charge in [-0.1, -0.05) is 13.3 Å². The van der Waals surface area contributed by atoms with E-state index in [1.807, 2.05) is 0 Å². The number of carbonyl (C=O) groups excluding carboxylic acids is 1. The lowest BCUT2D eigenvalue weighted by molar-refractivity contribution is -0.130. The van der Waals surface area contributed by atoms with Crippen LogP contribution in [0.15, 0.2) is 0 Å². The van der Waals surface area contributed by atoms with E-state index in [1.54, 1.807) is 0 Å². The number of hydrogen-bond donors (Lipinski definition) is 0. The molecular weight excluding hydrogens is 200 g/mol. The molecule has 92 valence electrons. The van der Waals surface area contributed by atoms with Gasteiger partial charge < -0.3 is 9.80 Å². The second-order valence-corrected chi connectivity index (χ2v) is 5.12. The zero-order valence-electron chi connectivity index (χ0n) is 10.5. The Bertz CT molecular complexity index is 234. The van der Waals surface area contributed by atoms with Crippen molar-refractivity contribution in [3.63, 3.8) is 0 Å². The Labute approximate surface area is 98.8 Å². The van der Waals surface area contributed by atoms with Crippen LogP contribution in [0, 0.1) is 0 Å². The maximum absolute atomic E-state index is 11.6. The van der Waals surface area contributed by atoms with E-state index in [0.29, 0.717) is 11.9 Å². The van der Waals surface area contributed by atoms with Gasteiger partial charge in [-0.25, -0.2) is 0 Å². The molecular formula is C13H24N2O. The Hall–Kier alpha value is -0.570. The van der Waals surface area contributed by atoms with Crippen molar-refractivity contribution in [3.05, 3.63) is 0 Å². The lowest BCUT2D eigenvalue weighted by Gasteiger charge is -2.36. The van der Waals surface area contributed by atoms with Crippen molar-refractivity contribution < 1.29 is 4.79 Å². The van der Waals surface area contributed by atoms with Crippen LogP contribution in [0.3, 0.4) is 0 Å². The minimum Gasteiger partial charge on any atom is -0.340 e. The molecule has 0 saturated carbocycles. The maximum Gasteiger partial charge on any atom is 0.222 e. The summed E-state index contributed by atoms with van der Waals surface area (Å²) in [6.45, 7) is 6.88. The first-order valence-electron chi connectivity index (χ1n) is 6.83. The van der Waals surface area contributed by atoms with Crippen molar-refractivity contribution in [1.29, 1.82) is 0 Å². The van der Waals surface area contributed by atoms with Gasteiger partial charge in [-0.15, -0.1) is 0 Å². The fourth-order valence-electron chi connectivity index (χ4n) is 2.89. The smallest absolute Gasteiger partial charge is 0.222 e. The van der Waals surface area contributed by atoms with Gasteiger partial charge in [-0.3, -0.25) is 4.79 Å². The molecule has 0 bridgehead atoms. The molecule has 0 spiro atoms. The van der Waals surface area contributed by atoms with E-state index < -0.39 is 0 Å². The maximum atomic E-state index is 11.6. The van der Waals surface area contributed by atoms with Gasteiger partial charge in [0.1, 0.15) is 0 Å². The summed E-state index contributed by atoms with van der Waals surface area (Å²) >= 11 is 0. The Morgan fingerprint density at radius 3 is 2.56 bits per heavy atom. The molecule has 2 aliphatic heterocycles. The van der Waals surface area contributed by atoms with Crippen LogP contribution in [-0.2, 0) is 4.79 Å². The second-order valence-electron chi connectivity index (χ2n) is 5.12. The van der Waals surface area contributed by atoms with Crippen LogP contribution in [0.4, 0.5) is 0 Å². The molecule has 0 unspecified atom stereocenters. The first kappa shape index (κ1) is 11.9. The van der Waals surface area contributed by atoms with Crippen molar-refractivity contribution in [2.24, 2.45) is 0 Å². The first-order valence-corrected chi connectivity index (χ1v) is 6.83. The second kappa shape index (κ2) is 5.67. The van der Waals surface area contributed by atoms with Crippen LogP contribution in [0.25, 0.3) is 0 Å². The van der Waals surface area contributed by atoms with Gasteiger partial charge in [0, 0.05) is 32.1 Å². The van der Waals surface area contributed by atoms with Crippen molar-refractivity contribution >= 4 is 5.91 Å². The zero-order chi connectivity index (χ0) is 11.4. The Balaban J connectivity index is 1.74. The summed E-state index contributed by atoms with van der Waals surface area (Å²) in [5.74, 6) is 0.395. The Morgan fingerprint density at radius 2 is 2.00 bits per heavy atom. The number of likely N-dealkylation sites (tertiary alicyclic amines) is 2. The summed E-state index contributed by atoms with van der Waals surface area (Å²) in [6.07, 6.45) is 6.84. The summed E-state index contributed by atoms with van der Waals surface area (Å²) < 4.78 is 0. The van der Waals surface area contributed by atoms with E-state index in [1.165, 1.54) is 45.3 Å². The number of hydrogen-bond acceptors (Lipinski definition) is 2. The lowest BCUT2D eigenvalue weighted by atomic mass is 10.0. The number of rotatable bonds is 4. The van der Waals surface area contributed by atoms with E-state index in [-0.39, 0.29) is 0 Å². The van der Waals surface area contributed by atoms with Gasteiger partial charge in [0.25, 0.3) is 0 Å². The SMILES string of the molecule is CCCCN1CCC(N2CCCC2=O)CC1. The highest BCUT2D eigenvalue weighted by Crippen LogP contribution is 2.22. The Kier molecular flexibility index (Phi) is 4.22. The van der Waals surface area contributed by atoms with Gasteiger partial charge in [0.15, 0.2) is 0 Å². The molecule has 3 heteroatoms. The molecule has 0 atom stereocenters. The van der Waals surface area contributed by atoms with Crippen LogP contribution < -0.4 is 0 Å². The summed E-state index contributed by atoms with van der Waals surface area (Å²) in [7, 11) is 0. The van der Waals surface area contributed by atoms with Gasteiger partial charge >= 0.3 is 0 Å². The third kappa shape index (κ3) is 2.76. The number of nitrogens with zero attached hydrogens (tertiary/aromatic N) is 2. The monoisotopic (exact) mass is 224 g/mol. The van der Waals surface area contributed by atoms with Gasteiger partial charge in [-0.2, -0.15) is 0 Å². The molecule has 1 amide bonds. The number of unbranched alkanes of at least 4 members (excludes halogenated alkanes) is 1. The van der Waals surface area contributed by atoms with Crippen molar-refractivity contribution in [3.8, 4) is 0 Å². The normalized spacial score (nSPS) is 24.3. The molecule has 2 aliphatic rings. The highest BCUT2D eigenvalue weighted by Gasteiger charge is 2.30. The molecule has 2 heterocycles. The fourth-order valence-corrected chi connectivity index (χ4v) is 2.89. The zero-order valence-corrected chi connectivity index (χ0v) is 10.5. The van der Waals surface area contributed by atoms with Gasteiger partial charge in [0.05, 0.1) is 0 Å². The molecule has 0 aliphatic carbocycles. The first-order chi connectivity index (χ1) is 7.81. The van der Waals surface area contributed by atoms with Gasteiger partial charge in [-0.05, 0) is 32.2 Å². The standard InChI is InChI=1S/C13H24N2O/c1-2-3-8-14-10-6-12(7-11-14)15-9-4-5-13(15)16/h12H,2-11H2,1H3. The minimum atomic E-state index is 0.395. The van der Waals surface area contributed by atoms with Crippen LogP contribution in [-0.4, -0.2) is 47.9 Å². The van der Waals surface area contributed by atoms with E-state index in [0.717, 1.165) is 19.4 Å². The number of amides is 1. The third-order valence-electron chi connectivity index (χ3n) is 3.94. The average Bonchev–Trinajstić information content (AvgIpc) is 2.74. The van der Waals surface area contributed by atoms with Crippen LogP contribution in [0.1, 0.15) is 45.4 Å². The van der Waals surface area contributed by atoms with Crippen molar-refractivity contribution in [2.75, 3.05) is 26.2 Å². The number of piperidine rings is 1. The molecule has 2 fully saturated rings. The highest BCUT2D eigenvalue weighted by molar-refractivity contribution is 5.78. The predicted octanol–water partition coefficient (Wildman–Crippen LogP) is 1.87. The molecule has 3 nitrogen and oxygen atoms in total. The van der Waals surface area contributed by atoms with Crippen molar-refractivity contribution in [1.82, 2.24) is 9.80 Å². The molecule has 16 heavy (non-hydrogen) atoms. The average molecular weight is 224 g/mol. The third-order valence-corrected chi connectivity index (χ3v) is 3.94. The largest absolute Gasteiger partial charge is 0.340 e. The van der Waals surface area contributed by atoms with E-state index in [9.17, 15) is 4.79 Å². The summed E-state index contributed by atoms with van der Waals surface area (Å²) in [6, 6.07) is 0.549. The predicted molar refractivity (Wildman–Crippen MR) is 65.3 cm³/mol. The number of carbonyl (C=O) groups is 1. The molecule has 0 aromatic carbocycles. The summed E-state index contributed by atoms with van der Waals surface area (Å²) in [5, 5.41) is 0. The molecule has 2 saturated heterocycles. The van der Waals surface area contributed by atoms with E-state index in [4.69, 9.17) is 0 Å². The van der Waals surface area contributed by atoms with Crippen LogP contribution in [0.5, 0.6) is 0 Å². The van der Waals surface area contributed by atoms with E-state index in [2.05, 4.69) is 16.7 Å². The molecule has 0 radical (unpaired) electrons. The fraction of sp³-hybridized carbons (Fsp3) is 0.923. The van der Waals surface area contributed by atoms with Crippen molar-refractivity contribution in [2.45, 2.75) is 51.5 Å². The van der Waals surface area contributed by atoms with E-state index >= 15 is 0 Å². The quantitative estimate of drug-likeness (QED) is 0.728. The minimum absolute atomic E-state index is 0.395. The Morgan fingerprint density at radius 1 is 1.25 bits per heavy atom.